The maximum Gasteiger partial charge on any atom is 0.253 e. The van der Waals surface area contributed by atoms with Crippen LogP contribution in [0.15, 0.2) is 28.8 Å². The molecule has 1 saturated carbocycles. The first-order chi connectivity index (χ1) is 14.1. The molecule has 0 spiro atoms. The number of rotatable bonds is 4. The second kappa shape index (κ2) is 8.76. The van der Waals surface area contributed by atoms with Crippen LogP contribution in [0.3, 0.4) is 0 Å². The van der Waals surface area contributed by atoms with Crippen LogP contribution in [0.1, 0.15) is 61.2 Å². The summed E-state index contributed by atoms with van der Waals surface area (Å²) < 4.78 is 5.00. The molecule has 0 atom stereocenters. The van der Waals surface area contributed by atoms with E-state index >= 15 is 0 Å². The van der Waals surface area contributed by atoms with Gasteiger partial charge in [-0.2, -0.15) is 4.98 Å². The van der Waals surface area contributed by atoms with Crippen molar-refractivity contribution >= 4 is 11.8 Å². The van der Waals surface area contributed by atoms with Gasteiger partial charge in [0.05, 0.1) is 0 Å². The van der Waals surface area contributed by atoms with E-state index < -0.39 is 0 Å². The zero-order valence-corrected chi connectivity index (χ0v) is 16.9. The fourth-order valence-corrected chi connectivity index (χ4v) is 4.27. The smallest absolute Gasteiger partial charge is 0.253 e. The lowest BCUT2D eigenvalue weighted by Gasteiger charge is -2.33. The Labute approximate surface area is 170 Å². The summed E-state index contributed by atoms with van der Waals surface area (Å²) in [4.78, 5) is 31.4. The molecule has 154 valence electrons. The number of nitrogens with zero attached hydrogens (tertiary/aromatic N) is 3. The zero-order valence-electron chi connectivity index (χ0n) is 16.9. The third-order valence-electron chi connectivity index (χ3n) is 6.02. The Bertz CT molecular complexity index is 847. The number of aryl methyl sites for hydroxylation is 1. The van der Waals surface area contributed by atoms with Crippen molar-refractivity contribution in [2.45, 2.75) is 57.9 Å². The summed E-state index contributed by atoms with van der Waals surface area (Å²) in [6.07, 6.45) is 7.36. The van der Waals surface area contributed by atoms with Crippen LogP contribution in [0.4, 0.5) is 0 Å². The van der Waals surface area contributed by atoms with Gasteiger partial charge in [0.25, 0.3) is 5.91 Å². The van der Waals surface area contributed by atoms with Crippen LogP contribution >= 0.6 is 0 Å². The SMILES string of the molecule is Cc1nc(-c2ccc(C(=O)N3CCC(C(=O)NC4CCCCC4)CC3)cc2)no1. The lowest BCUT2D eigenvalue weighted by Crippen LogP contribution is -2.45. The first-order valence-corrected chi connectivity index (χ1v) is 10.6. The molecule has 1 aromatic carbocycles. The molecule has 1 saturated heterocycles. The topological polar surface area (TPSA) is 88.3 Å². The van der Waals surface area contributed by atoms with E-state index in [-0.39, 0.29) is 17.7 Å². The average molecular weight is 396 g/mol. The predicted molar refractivity (Wildman–Crippen MR) is 108 cm³/mol. The number of likely N-dealkylation sites (tertiary alicyclic amines) is 1. The maximum absolute atomic E-state index is 12.8. The van der Waals surface area contributed by atoms with E-state index in [9.17, 15) is 9.59 Å². The van der Waals surface area contributed by atoms with Crippen LogP contribution in [-0.4, -0.2) is 46.0 Å². The molecule has 2 aromatic rings. The van der Waals surface area contributed by atoms with E-state index in [0.717, 1.165) is 31.2 Å². The highest BCUT2D eigenvalue weighted by molar-refractivity contribution is 5.94. The van der Waals surface area contributed by atoms with Gasteiger partial charge in [0, 0.05) is 43.1 Å². The van der Waals surface area contributed by atoms with Crippen molar-refractivity contribution in [3.8, 4) is 11.4 Å². The summed E-state index contributed by atoms with van der Waals surface area (Å²) in [5.41, 5.74) is 1.45. The number of piperidine rings is 1. The second-order valence-electron chi connectivity index (χ2n) is 8.12. The molecule has 4 rings (SSSR count). The molecular weight excluding hydrogens is 368 g/mol. The summed E-state index contributed by atoms with van der Waals surface area (Å²) in [5.74, 6) is 1.22. The van der Waals surface area contributed by atoms with Crippen LogP contribution < -0.4 is 5.32 Å². The summed E-state index contributed by atoms with van der Waals surface area (Å²) in [7, 11) is 0. The lowest BCUT2D eigenvalue weighted by atomic mass is 9.92. The van der Waals surface area contributed by atoms with E-state index in [0.29, 0.717) is 36.4 Å². The molecule has 7 heteroatoms. The normalized spacial score (nSPS) is 18.6. The molecule has 1 aromatic heterocycles. The quantitative estimate of drug-likeness (QED) is 0.856. The van der Waals surface area contributed by atoms with Crippen molar-refractivity contribution in [2.24, 2.45) is 5.92 Å². The molecule has 2 amide bonds. The molecule has 1 N–H and O–H groups in total. The van der Waals surface area contributed by atoms with Crippen LogP contribution in [0.25, 0.3) is 11.4 Å². The Kier molecular flexibility index (Phi) is 5.92. The number of nitrogens with one attached hydrogen (secondary N) is 1. The standard InChI is InChI=1S/C22H28N4O3/c1-15-23-20(25-29-15)16-7-9-18(10-8-16)22(28)26-13-11-17(12-14-26)21(27)24-19-5-3-2-4-6-19/h7-10,17,19H,2-6,11-14H2,1H3,(H,24,27). The molecule has 1 aliphatic heterocycles. The first-order valence-electron chi connectivity index (χ1n) is 10.6. The molecule has 2 heterocycles. The highest BCUT2D eigenvalue weighted by Gasteiger charge is 2.29. The summed E-state index contributed by atoms with van der Waals surface area (Å²) in [6.45, 7) is 2.98. The molecule has 29 heavy (non-hydrogen) atoms. The van der Waals surface area contributed by atoms with Gasteiger partial charge in [-0.15, -0.1) is 0 Å². The summed E-state index contributed by atoms with van der Waals surface area (Å²) in [6, 6.07) is 7.61. The third kappa shape index (κ3) is 4.66. The first kappa shape index (κ1) is 19.6. The minimum absolute atomic E-state index is 0.00646. The molecule has 7 nitrogen and oxygen atoms in total. The number of aromatic nitrogens is 2. The molecule has 1 aliphatic carbocycles. The number of amides is 2. The number of benzene rings is 1. The molecule has 0 unspecified atom stereocenters. The third-order valence-corrected chi connectivity index (χ3v) is 6.02. The number of carbonyl (C=O) groups is 2. The van der Waals surface area contributed by atoms with Crippen LogP contribution in [0.2, 0.25) is 0 Å². The van der Waals surface area contributed by atoms with Gasteiger partial charge in [-0.3, -0.25) is 9.59 Å². The number of carbonyl (C=O) groups excluding carboxylic acids is 2. The summed E-state index contributed by atoms with van der Waals surface area (Å²) >= 11 is 0. The Morgan fingerprint density at radius 2 is 1.72 bits per heavy atom. The van der Waals surface area contributed by atoms with Crippen molar-refractivity contribution in [1.82, 2.24) is 20.4 Å². The second-order valence-corrected chi connectivity index (χ2v) is 8.12. The van der Waals surface area contributed by atoms with E-state index in [1.807, 2.05) is 17.0 Å². The minimum atomic E-state index is 0.00646. The Balaban J connectivity index is 1.30. The summed E-state index contributed by atoms with van der Waals surface area (Å²) in [5, 5.41) is 7.12. The molecule has 2 fully saturated rings. The van der Waals surface area contributed by atoms with Gasteiger partial charge >= 0.3 is 0 Å². The largest absolute Gasteiger partial charge is 0.353 e. The van der Waals surface area contributed by atoms with Gasteiger partial charge in [-0.05, 0) is 37.8 Å². The highest BCUT2D eigenvalue weighted by atomic mass is 16.5. The van der Waals surface area contributed by atoms with Crippen molar-refractivity contribution in [3.63, 3.8) is 0 Å². The van der Waals surface area contributed by atoms with Gasteiger partial charge in [0.15, 0.2) is 0 Å². The zero-order chi connectivity index (χ0) is 20.2. The highest BCUT2D eigenvalue weighted by Crippen LogP contribution is 2.23. The molecule has 0 radical (unpaired) electrons. The lowest BCUT2D eigenvalue weighted by molar-refractivity contribution is -0.127. The Morgan fingerprint density at radius 1 is 1.03 bits per heavy atom. The monoisotopic (exact) mass is 396 g/mol. The number of hydrogen-bond donors (Lipinski definition) is 1. The fourth-order valence-electron chi connectivity index (χ4n) is 4.27. The fraction of sp³-hybridized carbons (Fsp3) is 0.545. The Hall–Kier alpha value is -2.70. The number of hydrogen-bond acceptors (Lipinski definition) is 5. The van der Waals surface area contributed by atoms with E-state index in [1.54, 1.807) is 19.1 Å². The van der Waals surface area contributed by atoms with E-state index in [4.69, 9.17) is 4.52 Å². The maximum atomic E-state index is 12.8. The minimum Gasteiger partial charge on any atom is -0.353 e. The van der Waals surface area contributed by atoms with Gasteiger partial charge in [0.2, 0.25) is 17.6 Å². The van der Waals surface area contributed by atoms with Crippen LogP contribution in [-0.2, 0) is 4.79 Å². The van der Waals surface area contributed by atoms with Gasteiger partial charge < -0.3 is 14.7 Å². The molecule has 2 aliphatic rings. The average Bonchev–Trinajstić information content (AvgIpc) is 3.20. The van der Waals surface area contributed by atoms with Crippen molar-refractivity contribution in [3.05, 3.63) is 35.7 Å². The van der Waals surface area contributed by atoms with Crippen LogP contribution in [0, 0.1) is 12.8 Å². The van der Waals surface area contributed by atoms with Crippen LogP contribution in [0.5, 0.6) is 0 Å². The van der Waals surface area contributed by atoms with Gasteiger partial charge in [0.1, 0.15) is 0 Å². The molecular formula is C22H28N4O3. The van der Waals surface area contributed by atoms with Gasteiger partial charge in [-0.25, -0.2) is 0 Å². The van der Waals surface area contributed by atoms with Crippen molar-refractivity contribution in [1.29, 1.82) is 0 Å². The molecule has 0 bridgehead atoms. The van der Waals surface area contributed by atoms with Gasteiger partial charge in [-0.1, -0.05) is 36.6 Å². The van der Waals surface area contributed by atoms with Crippen molar-refractivity contribution in [2.75, 3.05) is 13.1 Å². The van der Waals surface area contributed by atoms with Crippen molar-refractivity contribution < 1.29 is 14.1 Å². The predicted octanol–water partition coefficient (Wildman–Crippen LogP) is 3.35. The Morgan fingerprint density at radius 3 is 2.34 bits per heavy atom. The van der Waals surface area contributed by atoms with E-state index in [1.165, 1.54) is 19.3 Å². The van der Waals surface area contributed by atoms with E-state index in [2.05, 4.69) is 15.5 Å².